The number of nitrogens with one attached hydrogen (secondary N) is 1. The summed E-state index contributed by atoms with van der Waals surface area (Å²) in [7, 11) is 0. The average molecular weight is 324 g/mol. The summed E-state index contributed by atoms with van der Waals surface area (Å²) in [5.41, 5.74) is -0.144. The summed E-state index contributed by atoms with van der Waals surface area (Å²) >= 11 is 0. The van der Waals surface area contributed by atoms with E-state index in [1.54, 1.807) is 0 Å². The van der Waals surface area contributed by atoms with Gasteiger partial charge in [0.15, 0.2) is 11.5 Å². The normalized spacial score (nSPS) is 22.6. The molecule has 4 nitrogen and oxygen atoms in total. The highest BCUT2D eigenvalue weighted by Gasteiger charge is 2.47. The van der Waals surface area contributed by atoms with E-state index in [-0.39, 0.29) is 30.2 Å². The monoisotopic (exact) mass is 324 g/mol. The number of hydrogen-bond acceptors (Lipinski definition) is 4. The van der Waals surface area contributed by atoms with Crippen LogP contribution in [0, 0.1) is 0 Å². The molecule has 0 aliphatic carbocycles. The Balaban J connectivity index is 1.92. The summed E-state index contributed by atoms with van der Waals surface area (Å²) in [6, 6.07) is 1.32. The van der Waals surface area contributed by atoms with Crippen molar-refractivity contribution < 1.29 is 31.4 Å². The lowest BCUT2D eigenvalue weighted by atomic mass is 10.0. The summed E-state index contributed by atoms with van der Waals surface area (Å²) in [5, 5.41) is 2.97. The molecule has 1 fully saturated rings. The van der Waals surface area contributed by atoms with Crippen LogP contribution in [-0.4, -0.2) is 43.5 Å². The molecular formula is C13H13F5N2O2. The van der Waals surface area contributed by atoms with Crippen LogP contribution in [0.5, 0.6) is 11.5 Å². The summed E-state index contributed by atoms with van der Waals surface area (Å²) in [5.74, 6) is -0.651. The van der Waals surface area contributed by atoms with Crippen LogP contribution in [0.2, 0.25) is 0 Å². The summed E-state index contributed by atoms with van der Waals surface area (Å²) in [6.07, 6.45) is -8.36. The predicted molar refractivity (Wildman–Crippen MR) is 65.9 cm³/mol. The van der Waals surface area contributed by atoms with E-state index in [9.17, 15) is 22.0 Å². The Kier molecular flexibility index (Phi) is 3.64. The number of ether oxygens (including phenoxy) is 2. The number of piperazine rings is 1. The summed E-state index contributed by atoms with van der Waals surface area (Å²) in [6.45, 7) is 1.31. The maximum absolute atomic E-state index is 13.4. The van der Waals surface area contributed by atoms with Crippen LogP contribution in [-0.2, 0) is 0 Å². The Labute approximate surface area is 122 Å². The van der Waals surface area contributed by atoms with Gasteiger partial charge >= 0.3 is 12.5 Å². The maximum Gasteiger partial charge on any atom is 0.586 e. The molecule has 2 aliphatic rings. The lowest BCUT2D eigenvalue weighted by Gasteiger charge is -2.36. The molecule has 122 valence electrons. The van der Waals surface area contributed by atoms with Gasteiger partial charge < -0.3 is 14.8 Å². The quantitative estimate of drug-likeness (QED) is 0.848. The topological polar surface area (TPSA) is 33.7 Å². The average Bonchev–Trinajstić information content (AvgIpc) is 2.71. The second kappa shape index (κ2) is 5.24. The van der Waals surface area contributed by atoms with Gasteiger partial charge in [-0.25, -0.2) is 0 Å². The molecule has 1 atom stereocenters. The smallest absolute Gasteiger partial charge is 0.395 e. The molecule has 0 amide bonds. The largest absolute Gasteiger partial charge is 0.586 e. The van der Waals surface area contributed by atoms with E-state index in [0.717, 1.165) is 18.2 Å². The zero-order chi connectivity index (χ0) is 16.0. The lowest BCUT2D eigenvalue weighted by Crippen LogP contribution is -2.49. The van der Waals surface area contributed by atoms with Crippen molar-refractivity contribution in [2.24, 2.45) is 0 Å². The van der Waals surface area contributed by atoms with Gasteiger partial charge in [-0.1, -0.05) is 6.07 Å². The number of benzene rings is 1. The van der Waals surface area contributed by atoms with Crippen molar-refractivity contribution in [3.05, 3.63) is 23.8 Å². The molecule has 0 saturated carbocycles. The molecule has 22 heavy (non-hydrogen) atoms. The van der Waals surface area contributed by atoms with Crippen molar-refractivity contribution in [3.63, 3.8) is 0 Å². The van der Waals surface area contributed by atoms with Crippen LogP contribution in [0.1, 0.15) is 11.6 Å². The number of fused-ring (bicyclic) bond motifs is 1. The Hall–Kier alpha value is -1.61. The molecule has 0 spiro atoms. The first-order valence-corrected chi connectivity index (χ1v) is 6.67. The van der Waals surface area contributed by atoms with Gasteiger partial charge in [-0.3, -0.25) is 4.90 Å². The molecule has 3 rings (SSSR count). The third-order valence-corrected chi connectivity index (χ3v) is 3.57. The van der Waals surface area contributed by atoms with E-state index in [2.05, 4.69) is 14.8 Å². The van der Waals surface area contributed by atoms with E-state index in [0.29, 0.717) is 13.1 Å². The van der Waals surface area contributed by atoms with Gasteiger partial charge in [0, 0.05) is 26.2 Å². The van der Waals surface area contributed by atoms with Gasteiger partial charge in [-0.05, 0) is 17.7 Å². The van der Waals surface area contributed by atoms with Crippen molar-refractivity contribution in [1.29, 1.82) is 0 Å². The minimum absolute atomic E-state index is 0.144. The van der Waals surface area contributed by atoms with Crippen molar-refractivity contribution in [2.45, 2.75) is 18.5 Å². The Morgan fingerprint density at radius 3 is 2.36 bits per heavy atom. The van der Waals surface area contributed by atoms with Gasteiger partial charge in [0.25, 0.3) is 0 Å². The van der Waals surface area contributed by atoms with Crippen molar-refractivity contribution in [2.75, 3.05) is 26.2 Å². The lowest BCUT2D eigenvalue weighted by molar-refractivity contribution is -0.286. The van der Waals surface area contributed by atoms with E-state index < -0.39 is 18.5 Å². The highest BCUT2D eigenvalue weighted by Crippen LogP contribution is 2.45. The SMILES string of the molecule is FC1(F)Oc2ccc([C@H](N3CCNCC3)C(F)(F)F)cc2O1. The third kappa shape index (κ3) is 2.95. The van der Waals surface area contributed by atoms with Gasteiger partial charge in [0.2, 0.25) is 0 Å². The molecule has 1 aromatic carbocycles. The fraction of sp³-hybridized carbons (Fsp3) is 0.538. The number of halogens is 5. The highest BCUT2D eigenvalue weighted by molar-refractivity contribution is 5.46. The van der Waals surface area contributed by atoms with Crippen LogP contribution in [0.4, 0.5) is 22.0 Å². The number of rotatable bonds is 2. The van der Waals surface area contributed by atoms with Crippen molar-refractivity contribution in [1.82, 2.24) is 10.2 Å². The standard InChI is InChI=1S/C13H13F5N2O2/c14-12(15,16)11(20-5-3-19-4-6-20)8-1-2-9-10(7-8)22-13(17,18)21-9/h1-2,7,11,19H,3-6H2/t11-/m0/s1. The number of hydrogen-bond donors (Lipinski definition) is 1. The van der Waals surface area contributed by atoms with E-state index in [1.807, 2.05) is 0 Å². The first kappa shape index (κ1) is 15.3. The van der Waals surface area contributed by atoms with Crippen molar-refractivity contribution >= 4 is 0 Å². The van der Waals surface area contributed by atoms with Gasteiger partial charge in [-0.2, -0.15) is 13.2 Å². The molecule has 0 aromatic heterocycles. The zero-order valence-corrected chi connectivity index (χ0v) is 11.3. The first-order valence-electron chi connectivity index (χ1n) is 6.67. The highest BCUT2D eigenvalue weighted by atomic mass is 19.4. The van der Waals surface area contributed by atoms with Crippen molar-refractivity contribution in [3.8, 4) is 11.5 Å². The van der Waals surface area contributed by atoms with Crippen LogP contribution in [0.3, 0.4) is 0 Å². The molecule has 0 unspecified atom stereocenters. The van der Waals surface area contributed by atoms with Gasteiger partial charge in [-0.15, -0.1) is 8.78 Å². The first-order chi connectivity index (χ1) is 10.3. The van der Waals surface area contributed by atoms with Crippen LogP contribution in [0.25, 0.3) is 0 Å². The minimum Gasteiger partial charge on any atom is -0.395 e. The van der Waals surface area contributed by atoms with Crippen LogP contribution < -0.4 is 14.8 Å². The minimum atomic E-state index is -4.52. The predicted octanol–water partition coefficient (Wildman–Crippen LogP) is 2.52. The van der Waals surface area contributed by atoms with E-state index in [4.69, 9.17) is 0 Å². The van der Waals surface area contributed by atoms with Gasteiger partial charge in [0.05, 0.1) is 0 Å². The van der Waals surface area contributed by atoms with Gasteiger partial charge in [0.1, 0.15) is 6.04 Å². The molecule has 9 heteroatoms. The molecule has 2 aliphatic heterocycles. The molecule has 1 aromatic rings. The Morgan fingerprint density at radius 1 is 1.09 bits per heavy atom. The number of nitrogens with zero attached hydrogens (tertiary/aromatic N) is 1. The molecular weight excluding hydrogens is 311 g/mol. The van der Waals surface area contributed by atoms with Crippen LogP contribution in [0.15, 0.2) is 18.2 Å². The zero-order valence-electron chi connectivity index (χ0n) is 11.3. The van der Waals surface area contributed by atoms with E-state index in [1.165, 1.54) is 4.90 Å². The molecule has 0 radical (unpaired) electrons. The fourth-order valence-corrected chi connectivity index (χ4v) is 2.68. The maximum atomic E-state index is 13.4. The number of alkyl halides is 5. The summed E-state index contributed by atoms with van der Waals surface area (Å²) in [4.78, 5) is 1.27. The second-order valence-corrected chi connectivity index (χ2v) is 5.10. The Morgan fingerprint density at radius 2 is 1.73 bits per heavy atom. The molecule has 1 N–H and O–H groups in total. The van der Waals surface area contributed by atoms with E-state index >= 15 is 0 Å². The fourth-order valence-electron chi connectivity index (χ4n) is 2.68. The third-order valence-electron chi connectivity index (χ3n) is 3.57. The Bertz CT molecular complexity index is 558. The van der Waals surface area contributed by atoms with Crippen LogP contribution >= 0.6 is 0 Å². The molecule has 1 saturated heterocycles. The second-order valence-electron chi connectivity index (χ2n) is 5.10. The molecule has 0 bridgehead atoms. The molecule has 2 heterocycles. The summed E-state index contributed by atoms with van der Waals surface area (Å²) < 4.78 is 74.6.